The molecule has 0 saturated heterocycles. The Morgan fingerprint density at radius 1 is 1.27 bits per heavy atom. The second kappa shape index (κ2) is 5.66. The summed E-state index contributed by atoms with van der Waals surface area (Å²) >= 11 is 0. The Kier molecular flexibility index (Phi) is 4.06. The predicted octanol–water partition coefficient (Wildman–Crippen LogP) is 2.55. The number of methoxy groups -OCH3 is 1. The Balaban J connectivity index is 2.74. The molecule has 0 atom stereocenters. The average molecular weight is 321 g/mol. The van der Waals surface area contributed by atoms with Gasteiger partial charge in [0.05, 0.1) is 22.5 Å². The SMILES string of the molecule is COc1cc(S(=O)(=O)c2c(C)cc(F)cc2C#N)ccc1O. The van der Waals surface area contributed by atoms with E-state index < -0.39 is 15.7 Å². The van der Waals surface area contributed by atoms with Gasteiger partial charge in [0.2, 0.25) is 9.84 Å². The maximum absolute atomic E-state index is 13.4. The number of benzene rings is 2. The van der Waals surface area contributed by atoms with E-state index in [1.807, 2.05) is 0 Å². The van der Waals surface area contributed by atoms with Gasteiger partial charge in [-0.3, -0.25) is 0 Å². The van der Waals surface area contributed by atoms with E-state index in [2.05, 4.69) is 0 Å². The topological polar surface area (TPSA) is 87.4 Å². The lowest BCUT2D eigenvalue weighted by Crippen LogP contribution is -2.08. The minimum absolute atomic E-state index is 0.0145. The maximum Gasteiger partial charge on any atom is 0.208 e. The van der Waals surface area contributed by atoms with Gasteiger partial charge in [0.1, 0.15) is 11.9 Å². The third kappa shape index (κ3) is 2.61. The minimum atomic E-state index is -4.06. The molecule has 0 aliphatic rings. The van der Waals surface area contributed by atoms with Crippen LogP contribution in [-0.4, -0.2) is 20.6 Å². The third-order valence-electron chi connectivity index (χ3n) is 3.09. The molecule has 0 bridgehead atoms. The highest BCUT2D eigenvalue weighted by atomic mass is 32.2. The molecule has 2 aromatic rings. The molecule has 0 fully saturated rings. The maximum atomic E-state index is 13.4. The van der Waals surface area contributed by atoms with E-state index in [1.54, 1.807) is 6.07 Å². The Bertz CT molecular complexity index is 885. The van der Waals surface area contributed by atoms with Crippen molar-refractivity contribution in [2.75, 3.05) is 7.11 Å². The van der Waals surface area contributed by atoms with Crippen LogP contribution in [0, 0.1) is 24.1 Å². The number of hydrogen-bond acceptors (Lipinski definition) is 5. The van der Waals surface area contributed by atoms with Crippen molar-refractivity contribution < 1.29 is 22.7 Å². The van der Waals surface area contributed by atoms with Gasteiger partial charge in [-0.25, -0.2) is 12.8 Å². The number of hydrogen-bond donors (Lipinski definition) is 1. The van der Waals surface area contributed by atoms with E-state index in [1.165, 1.54) is 26.2 Å². The molecule has 114 valence electrons. The van der Waals surface area contributed by atoms with Gasteiger partial charge in [-0.1, -0.05) is 0 Å². The van der Waals surface area contributed by atoms with Crippen LogP contribution in [-0.2, 0) is 9.84 Å². The van der Waals surface area contributed by atoms with Gasteiger partial charge in [-0.2, -0.15) is 5.26 Å². The highest BCUT2D eigenvalue weighted by Gasteiger charge is 2.25. The Morgan fingerprint density at radius 3 is 2.55 bits per heavy atom. The lowest BCUT2D eigenvalue weighted by atomic mass is 10.1. The van der Waals surface area contributed by atoms with Crippen LogP contribution in [0.4, 0.5) is 4.39 Å². The monoisotopic (exact) mass is 321 g/mol. The van der Waals surface area contributed by atoms with Crippen LogP contribution in [0.5, 0.6) is 11.5 Å². The molecule has 0 spiro atoms. The number of aryl methyl sites for hydroxylation is 1. The Labute approximate surface area is 127 Å². The fourth-order valence-electron chi connectivity index (χ4n) is 2.11. The highest BCUT2D eigenvalue weighted by Crippen LogP contribution is 2.33. The number of nitrogens with zero attached hydrogens (tertiary/aromatic N) is 1. The quantitative estimate of drug-likeness (QED) is 0.878. The van der Waals surface area contributed by atoms with Crippen molar-refractivity contribution in [1.82, 2.24) is 0 Å². The zero-order chi connectivity index (χ0) is 16.5. The molecule has 5 nitrogen and oxygen atoms in total. The number of halogens is 1. The normalized spacial score (nSPS) is 11.0. The van der Waals surface area contributed by atoms with Crippen molar-refractivity contribution >= 4 is 9.84 Å². The van der Waals surface area contributed by atoms with E-state index in [4.69, 9.17) is 10.00 Å². The average Bonchev–Trinajstić information content (AvgIpc) is 2.46. The molecule has 0 aromatic heterocycles. The summed E-state index contributed by atoms with van der Waals surface area (Å²) in [6, 6.07) is 7.13. The van der Waals surface area contributed by atoms with Crippen LogP contribution in [0.2, 0.25) is 0 Å². The van der Waals surface area contributed by atoms with Gasteiger partial charge in [0.25, 0.3) is 0 Å². The van der Waals surface area contributed by atoms with Crippen LogP contribution >= 0.6 is 0 Å². The van der Waals surface area contributed by atoms with Crippen LogP contribution in [0.15, 0.2) is 40.1 Å². The summed E-state index contributed by atoms with van der Waals surface area (Å²) in [7, 11) is -2.77. The van der Waals surface area contributed by atoms with Crippen molar-refractivity contribution in [3.8, 4) is 17.6 Å². The van der Waals surface area contributed by atoms with Gasteiger partial charge >= 0.3 is 0 Å². The summed E-state index contributed by atoms with van der Waals surface area (Å²) in [5, 5.41) is 18.6. The van der Waals surface area contributed by atoms with Crippen molar-refractivity contribution in [3.63, 3.8) is 0 Å². The number of phenolic OH excluding ortho intramolecular Hbond substituents is 1. The third-order valence-corrected chi connectivity index (χ3v) is 5.04. The largest absolute Gasteiger partial charge is 0.504 e. The first-order valence-electron chi connectivity index (χ1n) is 6.13. The first-order valence-corrected chi connectivity index (χ1v) is 7.62. The lowest BCUT2D eigenvalue weighted by molar-refractivity contribution is 0.372. The van der Waals surface area contributed by atoms with E-state index in [0.29, 0.717) is 0 Å². The summed E-state index contributed by atoms with van der Waals surface area (Å²) < 4.78 is 43.7. The van der Waals surface area contributed by atoms with Crippen LogP contribution in [0.3, 0.4) is 0 Å². The predicted molar refractivity (Wildman–Crippen MR) is 76.0 cm³/mol. The summed E-state index contributed by atoms with van der Waals surface area (Å²) in [4.78, 5) is -0.419. The van der Waals surface area contributed by atoms with Gasteiger partial charge in [-0.05, 0) is 36.8 Å². The van der Waals surface area contributed by atoms with Crippen molar-refractivity contribution in [3.05, 3.63) is 47.3 Å². The molecular formula is C15H12FNO4S. The second-order valence-electron chi connectivity index (χ2n) is 4.55. The molecule has 1 N–H and O–H groups in total. The van der Waals surface area contributed by atoms with Crippen molar-refractivity contribution in [2.24, 2.45) is 0 Å². The van der Waals surface area contributed by atoms with E-state index in [0.717, 1.165) is 18.2 Å². The van der Waals surface area contributed by atoms with Gasteiger partial charge in [0, 0.05) is 6.07 Å². The Morgan fingerprint density at radius 2 is 1.95 bits per heavy atom. The molecular weight excluding hydrogens is 309 g/mol. The van der Waals surface area contributed by atoms with Crippen molar-refractivity contribution in [2.45, 2.75) is 16.7 Å². The zero-order valence-corrected chi connectivity index (χ0v) is 12.6. The number of sulfone groups is 1. The lowest BCUT2D eigenvalue weighted by Gasteiger charge is -2.11. The number of ether oxygens (including phenoxy) is 1. The van der Waals surface area contributed by atoms with Crippen LogP contribution < -0.4 is 4.74 Å². The molecule has 0 unspecified atom stereocenters. The Hall–Kier alpha value is -2.59. The molecule has 2 aromatic carbocycles. The smallest absolute Gasteiger partial charge is 0.208 e. The second-order valence-corrected chi connectivity index (χ2v) is 6.43. The minimum Gasteiger partial charge on any atom is -0.504 e. The zero-order valence-electron chi connectivity index (χ0n) is 11.8. The number of phenols is 1. The number of rotatable bonds is 3. The highest BCUT2D eigenvalue weighted by molar-refractivity contribution is 7.91. The van der Waals surface area contributed by atoms with Gasteiger partial charge < -0.3 is 9.84 Å². The standard InChI is InChI=1S/C15H12FNO4S/c1-9-5-11(16)6-10(8-17)15(9)22(19,20)12-3-4-13(18)14(7-12)21-2/h3-7,18H,1-2H3. The van der Waals surface area contributed by atoms with E-state index in [9.17, 15) is 17.9 Å². The molecule has 0 aliphatic carbocycles. The fourth-order valence-corrected chi connectivity index (χ4v) is 3.73. The van der Waals surface area contributed by atoms with E-state index in [-0.39, 0.29) is 32.4 Å². The molecule has 0 saturated carbocycles. The van der Waals surface area contributed by atoms with Gasteiger partial charge in [0.15, 0.2) is 11.5 Å². The van der Waals surface area contributed by atoms with Crippen molar-refractivity contribution in [1.29, 1.82) is 5.26 Å². The summed E-state index contributed by atoms with van der Waals surface area (Å²) in [6.45, 7) is 1.41. The summed E-state index contributed by atoms with van der Waals surface area (Å²) in [6.07, 6.45) is 0. The molecule has 2 rings (SSSR count). The van der Waals surface area contributed by atoms with Crippen LogP contribution in [0.25, 0.3) is 0 Å². The first kappa shape index (κ1) is 15.8. The molecule has 0 amide bonds. The summed E-state index contributed by atoms with van der Waals surface area (Å²) in [5.74, 6) is -0.909. The molecule has 0 radical (unpaired) electrons. The number of aromatic hydroxyl groups is 1. The number of nitriles is 1. The molecule has 22 heavy (non-hydrogen) atoms. The first-order chi connectivity index (χ1) is 10.3. The molecule has 7 heteroatoms. The fraction of sp³-hybridized carbons (Fsp3) is 0.133. The van der Waals surface area contributed by atoms with Crippen LogP contribution in [0.1, 0.15) is 11.1 Å². The summed E-state index contributed by atoms with van der Waals surface area (Å²) in [5.41, 5.74) is -0.145. The van der Waals surface area contributed by atoms with E-state index >= 15 is 0 Å². The molecule has 0 aliphatic heterocycles. The van der Waals surface area contributed by atoms with Gasteiger partial charge in [-0.15, -0.1) is 0 Å². The molecule has 0 heterocycles.